The van der Waals surface area contributed by atoms with E-state index in [2.05, 4.69) is 26.0 Å². The summed E-state index contributed by atoms with van der Waals surface area (Å²) in [5.74, 6) is -0.236. The lowest BCUT2D eigenvalue weighted by atomic mass is 9.95. The van der Waals surface area contributed by atoms with E-state index in [1.54, 1.807) is 0 Å². The molecule has 1 aliphatic carbocycles. The van der Waals surface area contributed by atoms with Crippen LogP contribution in [0.1, 0.15) is 24.0 Å². The summed E-state index contributed by atoms with van der Waals surface area (Å²) in [4.78, 5) is 12.5. The van der Waals surface area contributed by atoms with Gasteiger partial charge in [-0.05, 0) is 36.1 Å². The summed E-state index contributed by atoms with van der Waals surface area (Å²) in [6.07, 6.45) is 1.58. The molecule has 1 aliphatic rings. The number of nitrogens with one attached hydrogen (secondary N) is 2. The van der Waals surface area contributed by atoms with Crippen LogP contribution in [-0.2, 0) is 26.8 Å². The van der Waals surface area contributed by atoms with E-state index in [0.717, 1.165) is 28.4 Å². The largest absolute Gasteiger partial charge is 0.354 e. The zero-order chi connectivity index (χ0) is 18.6. The van der Waals surface area contributed by atoms with Crippen LogP contribution in [0.4, 0.5) is 0 Å². The predicted molar refractivity (Wildman–Crippen MR) is 105 cm³/mol. The van der Waals surface area contributed by atoms with Crippen molar-refractivity contribution < 1.29 is 13.2 Å². The molecule has 3 rings (SSSR count). The molecule has 1 fully saturated rings. The average Bonchev–Trinajstić information content (AvgIpc) is 3.43. The molecular weight excluding hydrogens is 416 g/mol. The van der Waals surface area contributed by atoms with E-state index in [1.807, 2.05) is 54.6 Å². The molecule has 2 aromatic rings. The van der Waals surface area contributed by atoms with Crippen LogP contribution in [0.25, 0.3) is 0 Å². The van der Waals surface area contributed by atoms with Crippen molar-refractivity contribution in [2.45, 2.75) is 24.8 Å². The molecule has 0 heterocycles. The SMILES string of the molecule is O=C(NCCS(=O)(=O)NCc1ccccc1)C1(c2ccc(Br)cc2)CC1. The van der Waals surface area contributed by atoms with E-state index in [9.17, 15) is 13.2 Å². The van der Waals surface area contributed by atoms with E-state index in [4.69, 9.17) is 0 Å². The Morgan fingerprint density at radius 2 is 1.69 bits per heavy atom. The van der Waals surface area contributed by atoms with Gasteiger partial charge >= 0.3 is 0 Å². The monoisotopic (exact) mass is 436 g/mol. The molecule has 2 N–H and O–H groups in total. The summed E-state index contributed by atoms with van der Waals surface area (Å²) in [6, 6.07) is 17.0. The zero-order valence-corrected chi connectivity index (χ0v) is 16.6. The van der Waals surface area contributed by atoms with Crippen molar-refractivity contribution in [1.82, 2.24) is 10.0 Å². The minimum Gasteiger partial charge on any atom is -0.354 e. The van der Waals surface area contributed by atoms with E-state index in [-0.39, 0.29) is 24.7 Å². The number of carbonyl (C=O) groups is 1. The first-order valence-electron chi connectivity index (χ1n) is 8.47. The molecule has 0 aliphatic heterocycles. The Morgan fingerprint density at radius 1 is 1.04 bits per heavy atom. The smallest absolute Gasteiger partial charge is 0.230 e. The molecule has 0 saturated heterocycles. The van der Waals surface area contributed by atoms with Crippen LogP contribution in [0.5, 0.6) is 0 Å². The van der Waals surface area contributed by atoms with Gasteiger partial charge in [-0.25, -0.2) is 13.1 Å². The van der Waals surface area contributed by atoms with Crippen LogP contribution in [0, 0.1) is 0 Å². The minimum atomic E-state index is -3.44. The zero-order valence-electron chi connectivity index (χ0n) is 14.2. The van der Waals surface area contributed by atoms with E-state index >= 15 is 0 Å². The van der Waals surface area contributed by atoms with Gasteiger partial charge in [0.2, 0.25) is 15.9 Å². The van der Waals surface area contributed by atoms with Gasteiger partial charge in [-0.1, -0.05) is 58.4 Å². The number of benzene rings is 2. The van der Waals surface area contributed by atoms with Gasteiger partial charge in [0, 0.05) is 17.6 Å². The van der Waals surface area contributed by atoms with Crippen molar-refractivity contribution in [2.24, 2.45) is 0 Å². The molecule has 0 unspecified atom stereocenters. The molecule has 0 bridgehead atoms. The Labute approximate surface area is 162 Å². The molecule has 0 spiro atoms. The highest BCUT2D eigenvalue weighted by molar-refractivity contribution is 9.10. The van der Waals surface area contributed by atoms with Crippen molar-refractivity contribution in [3.05, 3.63) is 70.2 Å². The summed E-state index contributed by atoms with van der Waals surface area (Å²) < 4.78 is 27.7. The molecule has 0 radical (unpaired) electrons. The summed E-state index contributed by atoms with van der Waals surface area (Å²) in [5.41, 5.74) is 1.37. The summed E-state index contributed by atoms with van der Waals surface area (Å²) in [6.45, 7) is 0.348. The second-order valence-electron chi connectivity index (χ2n) is 6.47. The highest BCUT2D eigenvalue weighted by Crippen LogP contribution is 2.48. The van der Waals surface area contributed by atoms with Gasteiger partial charge in [-0.15, -0.1) is 0 Å². The number of sulfonamides is 1. The quantitative estimate of drug-likeness (QED) is 0.667. The number of hydrogen-bond donors (Lipinski definition) is 2. The van der Waals surface area contributed by atoms with Crippen LogP contribution in [0.3, 0.4) is 0 Å². The summed E-state index contributed by atoms with van der Waals surface area (Å²) in [5, 5.41) is 2.78. The average molecular weight is 437 g/mol. The Balaban J connectivity index is 1.49. The van der Waals surface area contributed by atoms with Gasteiger partial charge in [0.1, 0.15) is 0 Å². The molecule has 26 heavy (non-hydrogen) atoms. The molecule has 0 atom stereocenters. The maximum atomic E-state index is 12.5. The van der Waals surface area contributed by atoms with E-state index < -0.39 is 15.4 Å². The van der Waals surface area contributed by atoms with Crippen molar-refractivity contribution in [1.29, 1.82) is 0 Å². The maximum Gasteiger partial charge on any atom is 0.230 e. The molecule has 1 saturated carbocycles. The Kier molecular flexibility index (Phi) is 5.79. The number of halogens is 1. The summed E-state index contributed by atoms with van der Waals surface area (Å²) >= 11 is 3.39. The fourth-order valence-electron chi connectivity index (χ4n) is 2.87. The first-order valence-corrected chi connectivity index (χ1v) is 10.9. The topological polar surface area (TPSA) is 75.3 Å². The lowest BCUT2D eigenvalue weighted by Gasteiger charge is -2.16. The van der Waals surface area contributed by atoms with E-state index in [0.29, 0.717) is 0 Å². The molecule has 5 nitrogen and oxygen atoms in total. The second-order valence-corrected chi connectivity index (χ2v) is 9.31. The second kappa shape index (κ2) is 7.90. The number of hydrogen-bond acceptors (Lipinski definition) is 3. The Hall–Kier alpha value is -1.70. The normalized spacial score (nSPS) is 15.4. The number of amides is 1. The number of rotatable bonds is 8. The van der Waals surface area contributed by atoms with Crippen molar-refractivity contribution in [3.63, 3.8) is 0 Å². The standard InChI is InChI=1S/C19H21BrN2O3S/c20-17-8-6-16(7-9-17)19(10-11-19)18(23)21-12-13-26(24,25)22-14-15-4-2-1-3-5-15/h1-9,22H,10-14H2,(H,21,23). The van der Waals surface area contributed by atoms with Crippen LogP contribution in [0.15, 0.2) is 59.1 Å². The molecule has 0 aromatic heterocycles. The first kappa shape index (κ1) is 19.1. The summed E-state index contributed by atoms with van der Waals surface area (Å²) in [7, 11) is -3.44. The predicted octanol–water partition coefficient (Wildman–Crippen LogP) is 2.72. The molecular formula is C19H21BrN2O3S. The highest BCUT2D eigenvalue weighted by Gasteiger charge is 2.51. The molecule has 2 aromatic carbocycles. The highest BCUT2D eigenvalue weighted by atomic mass is 79.9. The minimum absolute atomic E-state index is 0.0984. The third-order valence-electron chi connectivity index (χ3n) is 4.58. The molecule has 7 heteroatoms. The van der Waals surface area contributed by atoms with Crippen LogP contribution < -0.4 is 10.0 Å². The van der Waals surface area contributed by atoms with Gasteiger partial charge in [-0.3, -0.25) is 4.79 Å². The first-order chi connectivity index (χ1) is 12.4. The van der Waals surface area contributed by atoms with E-state index in [1.165, 1.54) is 0 Å². The Morgan fingerprint density at radius 3 is 2.31 bits per heavy atom. The van der Waals surface area contributed by atoms with Crippen LogP contribution >= 0.6 is 15.9 Å². The Bertz CT molecular complexity index is 863. The maximum absolute atomic E-state index is 12.5. The molecule has 138 valence electrons. The lowest BCUT2D eigenvalue weighted by Crippen LogP contribution is -2.39. The van der Waals surface area contributed by atoms with Gasteiger partial charge < -0.3 is 5.32 Å². The van der Waals surface area contributed by atoms with Gasteiger partial charge in [0.15, 0.2) is 0 Å². The third-order valence-corrected chi connectivity index (χ3v) is 6.43. The van der Waals surface area contributed by atoms with Crippen molar-refractivity contribution in [2.75, 3.05) is 12.3 Å². The van der Waals surface area contributed by atoms with Crippen LogP contribution in [-0.4, -0.2) is 26.6 Å². The number of carbonyl (C=O) groups excluding carboxylic acids is 1. The lowest BCUT2D eigenvalue weighted by molar-refractivity contribution is -0.123. The van der Waals surface area contributed by atoms with Crippen molar-refractivity contribution >= 4 is 31.9 Å². The van der Waals surface area contributed by atoms with Gasteiger partial charge in [0.05, 0.1) is 11.2 Å². The third kappa shape index (κ3) is 4.72. The van der Waals surface area contributed by atoms with Crippen molar-refractivity contribution in [3.8, 4) is 0 Å². The van der Waals surface area contributed by atoms with Gasteiger partial charge in [0.25, 0.3) is 0 Å². The van der Waals surface area contributed by atoms with Crippen LogP contribution in [0.2, 0.25) is 0 Å². The fraction of sp³-hybridized carbons (Fsp3) is 0.316. The fourth-order valence-corrected chi connectivity index (χ4v) is 4.04. The van der Waals surface area contributed by atoms with Gasteiger partial charge in [-0.2, -0.15) is 0 Å². The molecule has 1 amide bonds.